The van der Waals surface area contributed by atoms with Crippen molar-refractivity contribution in [3.63, 3.8) is 0 Å². The number of nitrogens with two attached hydrogens (primary N) is 1. The van der Waals surface area contributed by atoms with E-state index in [-0.39, 0.29) is 17.5 Å². The molecular weight excluding hydrogens is 246 g/mol. The summed E-state index contributed by atoms with van der Waals surface area (Å²) >= 11 is 1.62. The highest BCUT2D eigenvalue weighted by atomic mass is 32.1. The molecule has 1 heterocycles. The van der Waals surface area contributed by atoms with Crippen LogP contribution in [0, 0.1) is 6.92 Å². The number of nitrogens with one attached hydrogen (secondary N) is 1. The quantitative estimate of drug-likeness (QED) is 0.879. The normalized spacial score (nSPS) is 19.7. The van der Waals surface area contributed by atoms with Gasteiger partial charge in [0.2, 0.25) is 5.91 Å². The number of carbonyl (C=O) groups is 1. The van der Waals surface area contributed by atoms with Gasteiger partial charge in [-0.3, -0.25) is 4.79 Å². The van der Waals surface area contributed by atoms with Crippen LogP contribution in [0.4, 0.5) is 0 Å². The molecular formula is C13H21N3OS. The van der Waals surface area contributed by atoms with E-state index in [9.17, 15) is 4.79 Å². The molecule has 1 atom stereocenters. The number of hydrogen-bond acceptors (Lipinski definition) is 4. The van der Waals surface area contributed by atoms with Gasteiger partial charge in [-0.1, -0.05) is 12.8 Å². The van der Waals surface area contributed by atoms with Crippen LogP contribution < -0.4 is 11.1 Å². The maximum absolute atomic E-state index is 12.0. The zero-order valence-corrected chi connectivity index (χ0v) is 11.8. The van der Waals surface area contributed by atoms with Crippen LogP contribution in [0.1, 0.15) is 55.0 Å². The van der Waals surface area contributed by atoms with E-state index < -0.39 is 0 Å². The smallest absolute Gasteiger partial charge is 0.222 e. The van der Waals surface area contributed by atoms with E-state index in [0.717, 1.165) is 35.6 Å². The Kier molecular flexibility index (Phi) is 4.02. The predicted octanol–water partition coefficient (Wildman–Crippen LogP) is 2.29. The summed E-state index contributed by atoms with van der Waals surface area (Å²) in [7, 11) is 0. The van der Waals surface area contributed by atoms with Crippen molar-refractivity contribution in [1.29, 1.82) is 0 Å². The highest BCUT2D eigenvalue weighted by molar-refractivity contribution is 7.11. The van der Waals surface area contributed by atoms with Crippen molar-refractivity contribution < 1.29 is 4.79 Å². The minimum atomic E-state index is -0.275. The van der Waals surface area contributed by atoms with Crippen LogP contribution in [-0.2, 0) is 4.79 Å². The molecule has 1 aromatic rings. The molecule has 1 amide bonds. The first kappa shape index (κ1) is 13.5. The van der Waals surface area contributed by atoms with Gasteiger partial charge >= 0.3 is 0 Å². The van der Waals surface area contributed by atoms with Crippen molar-refractivity contribution in [2.45, 2.75) is 57.5 Å². The Balaban J connectivity index is 1.87. The maximum atomic E-state index is 12.0. The first-order valence-corrected chi connectivity index (χ1v) is 7.31. The molecule has 100 valence electrons. The number of aromatic nitrogens is 1. The molecule has 1 unspecified atom stereocenters. The summed E-state index contributed by atoms with van der Waals surface area (Å²) in [5.41, 5.74) is 5.93. The van der Waals surface area contributed by atoms with Crippen molar-refractivity contribution in [3.8, 4) is 0 Å². The monoisotopic (exact) mass is 267 g/mol. The highest BCUT2D eigenvalue weighted by Crippen LogP contribution is 2.30. The van der Waals surface area contributed by atoms with Crippen molar-refractivity contribution in [2.75, 3.05) is 0 Å². The average molecular weight is 267 g/mol. The van der Waals surface area contributed by atoms with Crippen molar-refractivity contribution >= 4 is 17.2 Å². The van der Waals surface area contributed by atoms with Gasteiger partial charge in [-0.15, -0.1) is 11.3 Å². The molecule has 1 aromatic heterocycles. The molecule has 0 aromatic carbocycles. The molecule has 0 spiro atoms. The SMILES string of the molecule is Cc1cnc(C(C)NC(=O)CC2(N)CCCC2)s1. The predicted molar refractivity (Wildman–Crippen MR) is 73.4 cm³/mol. The second kappa shape index (κ2) is 5.36. The molecule has 2 rings (SSSR count). The van der Waals surface area contributed by atoms with Gasteiger partial charge in [-0.2, -0.15) is 0 Å². The molecule has 0 aliphatic heterocycles. The second-order valence-corrected chi connectivity index (χ2v) is 6.61. The first-order valence-electron chi connectivity index (χ1n) is 6.49. The molecule has 3 N–H and O–H groups in total. The zero-order valence-electron chi connectivity index (χ0n) is 11.0. The number of amides is 1. The molecule has 1 fully saturated rings. The number of aryl methyl sites for hydroxylation is 1. The summed E-state index contributed by atoms with van der Waals surface area (Å²) in [6.45, 7) is 3.98. The minimum absolute atomic E-state index is 0.0267. The van der Waals surface area contributed by atoms with Crippen LogP contribution in [0.5, 0.6) is 0 Å². The van der Waals surface area contributed by atoms with E-state index in [1.54, 1.807) is 11.3 Å². The Labute approximate surface area is 112 Å². The summed E-state index contributed by atoms with van der Waals surface area (Å²) in [5, 5.41) is 3.95. The van der Waals surface area contributed by atoms with Gasteiger partial charge in [-0.05, 0) is 26.7 Å². The summed E-state index contributed by atoms with van der Waals surface area (Å²) in [6, 6.07) is -0.0267. The molecule has 0 bridgehead atoms. The van der Waals surface area contributed by atoms with Gasteiger partial charge in [0, 0.05) is 23.0 Å². The van der Waals surface area contributed by atoms with Gasteiger partial charge < -0.3 is 11.1 Å². The van der Waals surface area contributed by atoms with Crippen molar-refractivity contribution in [3.05, 3.63) is 16.1 Å². The molecule has 0 saturated heterocycles. The average Bonchev–Trinajstić information content (AvgIpc) is 2.87. The standard InChI is InChI=1S/C13H21N3OS/c1-9-8-15-12(18-9)10(2)16-11(17)7-13(14)5-3-4-6-13/h8,10H,3-7,14H2,1-2H3,(H,16,17). The summed E-state index contributed by atoms with van der Waals surface area (Å²) in [5.74, 6) is 0.0414. The van der Waals surface area contributed by atoms with Crippen LogP contribution in [0.3, 0.4) is 0 Å². The topological polar surface area (TPSA) is 68.0 Å². The summed E-state index contributed by atoms with van der Waals surface area (Å²) in [4.78, 5) is 17.4. The van der Waals surface area contributed by atoms with E-state index in [0.29, 0.717) is 6.42 Å². The number of thiazole rings is 1. The van der Waals surface area contributed by atoms with E-state index in [2.05, 4.69) is 10.3 Å². The van der Waals surface area contributed by atoms with Crippen LogP contribution >= 0.6 is 11.3 Å². The highest BCUT2D eigenvalue weighted by Gasteiger charge is 2.32. The van der Waals surface area contributed by atoms with Gasteiger partial charge in [0.05, 0.1) is 6.04 Å². The largest absolute Gasteiger partial charge is 0.347 e. The van der Waals surface area contributed by atoms with Gasteiger partial charge in [0.15, 0.2) is 0 Å². The lowest BCUT2D eigenvalue weighted by Crippen LogP contribution is -2.42. The van der Waals surface area contributed by atoms with Gasteiger partial charge in [-0.25, -0.2) is 4.98 Å². The molecule has 1 aliphatic carbocycles. The third-order valence-electron chi connectivity index (χ3n) is 3.50. The fourth-order valence-corrected chi connectivity index (χ4v) is 3.28. The lowest BCUT2D eigenvalue weighted by atomic mass is 9.94. The number of nitrogens with zero attached hydrogens (tertiary/aromatic N) is 1. The van der Waals surface area contributed by atoms with E-state index in [1.807, 2.05) is 20.0 Å². The third-order valence-corrected chi connectivity index (χ3v) is 4.59. The van der Waals surface area contributed by atoms with E-state index >= 15 is 0 Å². The Bertz CT molecular complexity index is 424. The van der Waals surface area contributed by atoms with E-state index in [4.69, 9.17) is 5.73 Å². The van der Waals surface area contributed by atoms with Crippen molar-refractivity contribution in [1.82, 2.24) is 10.3 Å². The lowest BCUT2D eigenvalue weighted by molar-refractivity contribution is -0.122. The van der Waals surface area contributed by atoms with Crippen molar-refractivity contribution in [2.24, 2.45) is 5.73 Å². The van der Waals surface area contributed by atoms with E-state index in [1.165, 1.54) is 0 Å². The first-order chi connectivity index (χ1) is 8.48. The summed E-state index contributed by atoms with van der Waals surface area (Å²) in [6.07, 6.45) is 6.48. The van der Waals surface area contributed by atoms with Gasteiger partial charge in [0.1, 0.15) is 5.01 Å². The molecule has 5 heteroatoms. The summed E-state index contributed by atoms with van der Waals surface area (Å²) < 4.78 is 0. The minimum Gasteiger partial charge on any atom is -0.347 e. The molecule has 1 aliphatic rings. The molecule has 1 saturated carbocycles. The van der Waals surface area contributed by atoms with Crippen LogP contribution in [0.2, 0.25) is 0 Å². The Morgan fingerprint density at radius 3 is 2.83 bits per heavy atom. The van der Waals surface area contributed by atoms with Crippen LogP contribution in [0.25, 0.3) is 0 Å². The second-order valence-electron chi connectivity index (χ2n) is 5.34. The fourth-order valence-electron chi connectivity index (χ4n) is 2.50. The molecule has 18 heavy (non-hydrogen) atoms. The number of carbonyl (C=O) groups excluding carboxylic acids is 1. The Morgan fingerprint density at radius 1 is 1.61 bits per heavy atom. The molecule has 4 nitrogen and oxygen atoms in total. The molecule has 0 radical (unpaired) electrons. The fraction of sp³-hybridized carbons (Fsp3) is 0.692. The van der Waals surface area contributed by atoms with Crippen LogP contribution in [-0.4, -0.2) is 16.4 Å². The maximum Gasteiger partial charge on any atom is 0.222 e. The Hall–Kier alpha value is -0.940. The lowest BCUT2D eigenvalue weighted by Gasteiger charge is -2.23. The number of rotatable bonds is 4. The Morgan fingerprint density at radius 2 is 2.28 bits per heavy atom. The number of hydrogen-bond donors (Lipinski definition) is 2. The van der Waals surface area contributed by atoms with Gasteiger partial charge in [0.25, 0.3) is 0 Å². The zero-order chi connectivity index (χ0) is 13.2. The van der Waals surface area contributed by atoms with Crippen LogP contribution in [0.15, 0.2) is 6.20 Å². The third kappa shape index (κ3) is 3.29.